The van der Waals surface area contributed by atoms with Crippen LogP contribution < -0.4 is 21.1 Å². The van der Waals surface area contributed by atoms with Crippen LogP contribution in [-0.2, 0) is 9.59 Å². The molecule has 7 nitrogen and oxygen atoms in total. The van der Waals surface area contributed by atoms with E-state index in [1.54, 1.807) is 24.5 Å². The molecule has 1 aromatic carbocycles. The molecule has 2 aromatic rings. The monoisotopic (exact) mass is 478 g/mol. The Labute approximate surface area is 208 Å². The summed E-state index contributed by atoms with van der Waals surface area (Å²) < 4.78 is 5.67. The number of carbonyl (C=O) groups excluding carboxylic acids is 2. The number of nitrogens with one attached hydrogen (secondary N) is 2. The predicted octanol–water partition coefficient (Wildman–Crippen LogP) is 4.11. The lowest BCUT2D eigenvalue weighted by atomic mass is 9.63. The van der Waals surface area contributed by atoms with Crippen LogP contribution in [0.15, 0.2) is 48.8 Å². The van der Waals surface area contributed by atoms with Crippen LogP contribution in [0.25, 0.3) is 0 Å². The normalized spacial score (nSPS) is 26.5. The van der Waals surface area contributed by atoms with Gasteiger partial charge in [0, 0.05) is 41.6 Å². The minimum atomic E-state index is -0.522. The molecular formula is C28H38N4O3. The molecule has 1 aliphatic heterocycles. The molecular weight excluding hydrogens is 440 g/mol. The first-order valence-corrected chi connectivity index (χ1v) is 12.7. The summed E-state index contributed by atoms with van der Waals surface area (Å²) in [7, 11) is 0. The van der Waals surface area contributed by atoms with E-state index in [9.17, 15) is 9.59 Å². The molecule has 5 atom stereocenters. The molecule has 0 spiro atoms. The molecule has 2 heterocycles. The number of benzene rings is 1. The lowest BCUT2D eigenvalue weighted by Crippen LogP contribution is -2.49. The number of para-hydroxylation sites is 1. The van der Waals surface area contributed by atoms with Crippen molar-refractivity contribution in [3.63, 3.8) is 0 Å². The topological polar surface area (TPSA) is 106 Å². The van der Waals surface area contributed by atoms with Crippen molar-refractivity contribution in [2.24, 2.45) is 28.9 Å². The van der Waals surface area contributed by atoms with Gasteiger partial charge in [-0.05, 0) is 61.6 Å². The highest BCUT2D eigenvalue weighted by Gasteiger charge is 2.44. The van der Waals surface area contributed by atoms with Gasteiger partial charge in [0.2, 0.25) is 11.8 Å². The fourth-order valence-electron chi connectivity index (χ4n) is 5.86. The van der Waals surface area contributed by atoms with Crippen LogP contribution in [-0.4, -0.2) is 36.0 Å². The molecule has 7 heteroatoms. The minimum Gasteiger partial charge on any atom is -0.492 e. The van der Waals surface area contributed by atoms with Crippen molar-refractivity contribution in [2.75, 3.05) is 18.5 Å². The number of rotatable bonds is 8. The third kappa shape index (κ3) is 6.01. The quantitative estimate of drug-likeness (QED) is 0.529. The number of carbonyl (C=O) groups is 2. The first-order valence-electron chi connectivity index (χ1n) is 12.7. The molecule has 1 aromatic heterocycles. The van der Waals surface area contributed by atoms with Gasteiger partial charge in [-0.25, -0.2) is 0 Å². The van der Waals surface area contributed by atoms with Crippen LogP contribution in [0.5, 0.6) is 5.75 Å². The molecule has 188 valence electrons. The van der Waals surface area contributed by atoms with Crippen LogP contribution in [0.3, 0.4) is 0 Å². The van der Waals surface area contributed by atoms with Gasteiger partial charge in [-0.15, -0.1) is 0 Å². The minimum absolute atomic E-state index is 0.0260. The third-order valence-corrected chi connectivity index (χ3v) is 7.51. The number of ether oxygens (including phenoxy) is 1. The average molecular weight is 479 g/mol. The second-order valence-electron chi connectivity index (χ2n) is 11.0. The van der Waals surface area contributed by atoms with E-state index >= 15 is 0 Å². The van der Waals surface area contributed by atoms with Gasteiger partial charge in [0.05, 0.1) is 0 Å². The maximum Gasteiger partial charge on any atom is 0.231 e. The van der Waals surface area contributed by atoms with Gasteiger partial charge in [-0.3, -0.25) is 14.6 Å². The van der Waals surface area contributed by atoms with Crippen molar-refractivity contribution in [1.82, 2.24) is 10.3 Å². The van der Waals surface area contributed by atoms with Crippen LogP contribution in [0.2, 0.25) is 0 Å². The number of fused-ring (bicyclic) bond motifs is 1. The number of pyridine rings is 1. The Bertz CT molecular complexity index is 1030. The predicted molar refractivity (Wildman–Crippen MR) is 137 cm³/mol. The molecule has 2 amide bonds. The van der Waals surface area contributed by atoms with Gasteiger partial charge < -0.3 is 21.1 Å². The molecule has 4 N–H and O–H groups in total. The van der Waals surface area contributed by atoms with E-state index in [1.165, 1.54) is 0 Å². The maximum atomic E-state index is 13.4. The van der Waals surface area contributed by atoms with Gasteiger partial charge in [0.15, 0.2) is 0 Å². The summed E-state index contributed by atoms with van der Waals surface area (Å²) in [6.07, 6.45) is 6.93. The van der Waals surface area contributed by atoms with Crippen molar-refractivity contribution in [3.05, 3.63) is 54.4 Å². The van der Waals surface area contributed by atoms with E-state index < -0.39 is 5.41 Å². The molecule has 4 rings (SSSR count). The molecule has 2 aliphatic rings. The first-order chi connectivity index (χ1) is 16.7. The summed E-state index contributed by atoms with van der Waals surface area (Å²) in [4.78, 5) is 30.3. The molecule has 0 bridgehead atoms. The van der Waals surface area contributed by atoms with Crippen molar-refractivity contribution in [3.8, 4) is 5.75 Å². The number of nitrogens with two attached hydrogens (primary N) is 1. The summed E-state index contributed by atoms with van der Waals surface area (Å²) in [5.74, 6) is 1.54. The van der Waals surface area contributed by atoms with Gasteiger partial charge in [0.25, 0.3) is 0 Å². The molecule has 0 saturated heterocycles. The zero-order valence-electron chi connectivity index (χ0n) is 21.0. The van der Waals surface area contributed by atoms with Gasteiger partial charge in [-0.1, -0.05) is 39.0 Å². The number of anilines is 1. The summed E-state index contributed by atoms with van der Waals surface area (Å²) in [6, 6.07) is 11.1. The van der Waals surface area contributed by atoms with E-state index in [1.807, 2.05) is 24.3 Å². The highest BCUT2D eigenvalue weighted by Crippen LogP contribution is 2.46. The van der Waals surface area contributed by atoms with E-state index in [2.05, 4.69) is 36.4 Å². The Morgan fingerprint density at radius 2 is 1.91 bits per heavy atom. The van der Waals surface area contributed by atoms with Crippen molar-refractivity contribution >= 4 is 17.5 Å². The SMILES string of the molecule is CC(C)CC1CC(C(N)CNC(=O)C2COc3ccccc32)CC(C)(C(=O)Nc2ccncc2)C1. The van der Waals surface area contributed by atoms with Crippen molar-refractivity contribution < 1.29 is 14.3 Å². The molecule has 1 fully saturated rings. The van der Waals surface area contributed by atoms with Gasteiger partial charge >= 0.3 is 0 Å². The second kappa shape index (κ2) is 10.8. The van der Waals surface area contributed by atoms with Gasteiger partial charge in [0.1, 0.15) is 18.3 Å². The van der Waals surface area contributed by atoms with E-state index in [0.717, 1.165) is 36.3 Å². The smallest absolute Gasteiger partial charge is 0.231 e. The Balaban J connectivity index is 1.41. The lowest BCUT2D eigenvalue weighted by molar-refractivity contribution is -0.129. The summed E-state index contributed by atoms with van der Waals surface area (Å²) in [5, 5.41) is 6.14. The highest BCUT2D eigenvalue weighted by molar-refractivity contribution is 5.95. The molecule has 5 unspecified atom stereocenters. The van der Waals surface area contributed by atoms with E-state index in [0.29, 0.717) is 31.4 Å². The zero-order chi connectivity index (χ0) is 25.0. The lowest BCUT2D eigenvalue weighted by Gasteiger charge is -2.43. The molecule has 0 radical (unpaired) electrons. The van der Waals surface area contributed by atoms with Crippen molar-refractivity contribution in [2.45, 2.75) is 58.4 Å². The summed E-state index contributed by atoms with van der Waals surface area (Å²) in [5.41, 5.74) is 7.83. The summed E-state index contributed by atoms with van der Waals surface area (Å²) >= 11 is 0. The number of aromatic nitrogens is 1. The van der Waals surface area contributed by atoms with Crippen LogP contribution in [0.4, 0.5) is 5.69 Å². The third-order valence-electron chi connectivity index (χ3n) is 7.51. The molecule has 1 aliphatic carbocycles. The largest absolute Gasteiger partial charge is 0.492 e. The Kier molecular flexibility index (Phi) is 7.75. The Hall–Kier alpha value is -2.93. The van der Waals surface area contributed by atoms with E-state index in [4.69, 9.17) is 10.5 Å². The maximum absolute atomic E-state index is 13.4. The Morgan fingerprint density at radius 3 is 2.66 bits per heavy atom. The molecule has 35 heavy (non-hydrogen) atoms. The number of amides is 2. The Morgan fingerprint density at radius 1 is 1.17 bits per heavy atom. The zero-order valence-corrected chi connectivity index (χ0v) is 21.0. The van der Waals surface area contributed by atoms with Crippen LogP contribution in [0, 0.1) is 23.2 Å². The summed E-state index contributed by atoms with van der Waals surface area (Å²) in [6.45, 7) is 7.24. The second-order valence-corrected chi connectivity index (χ2v) is 11.0. The number of nitrogens with zero attached hydrogens (tertiary/aromatic N) is 1. The number of hydrogen-bond acceptors (Lipinski definition) is 5. The highest BCUT2D eigenvalue weighted by atomic mass is 16.5. The fourth-order valence-corrected chi connectivity index (χ4v) is 5.86. The van der Waals surface area contributed by atoms with Crippen LogP contribution in [0.1, 0.15) is 57.9 Å². The first kappa shape index (κ1) is 25.2. The van der Waals surface area contributed by atoms with E-state index in [-0.39, 0.29) is 29.7 Å². The average Bonchev–Trinajstić information content (AvgIpc) is 3.26. The van der Waals surface area contributed by atoms with Crippen molar-refractivity contribution in [1.29, 1.82) is 0 Å². The standard InChI is InChI=1S/C28H38N4O3/c1-18(2)12-19-13-20(15-28(3,14-19)27(34)32-21-8-10-30-11-9-21)24(29)16-31-26(33)23-17-35-25-7-5-4-6-22(23)25/h4-11,18-20,23-24H,12-17,29H2,1-3H3,(H,31,33)(H,30,32,34). The number of hydrogen-bond donors (Lipinski definition) is 3. The van der Waals surface area contributed by atoms with Crippen LogP contribution >= 0.6 is 0 Å². The fraction of sp³-hybridized carbons (Fsp3) is 0.536. The van der Waals surface area contributed by atoms with Gasteiger partial charge in [-0.2, -0.15) is 0 Å². The molecule has 1 saturated carbocycles.